The number of hydrogen-bond donors (Lipinski definition) is 0. The number of oxazole rings is 1. The van der Waals surface area contributed by atoms with Gasteiger partial charge in [0.2, 0.25) is 0 Å². The highest BCUT2D eigenvalue weighted by Crippen LogP contribution is 2.14. The van der Waals surface area contributed by atoms with E-state index in [1.54, 1.807) is 6.07 Å². The van der Waals surface area contributed by atoms with Crippen molar-refractivity contribution in [1.82, 2.24) is 4.57 Å². The number of benzene rings is 2. The Kier molecular flexibility index (Phi) is 5.03. The van der Waals surface area contributed by atoms with Crippen LogP contribution in [0.2, 0.25) is 0 Å². The van der Waals surface area contributed by atoms with Crippen LogP contribution in [-0.2, 0) is 6.42 Å². The average molecular weight is 325 g/mol. The predicted molar refractivity (Wildman–Crippen MR) is 97.1 cm³/mol. The Hall–Kier alpha value is -2.20. The summed E-state index contributed by atoms with van der Waals surface area (Å²) in [6.07, 6.45) is 5.03. The minimum absolute atomic E-state index is 0.388. The summed E-state index contributed by atoms with van der Waals surface area (Å²) < 4.78 is 6.74. The molecular formula is C19H19NO2S. The lowest BCUT2D eigenvalue weighted by molar-refractivity contribution is 0.544. The molecule has 4 heteroatoms. The zero-order valence-corrected chi connectivity index (χ0v) is 13.7. The highest BCUT2D eigenvalue weighted by Gasteiger charge is 2.12. The Morgan fingerprint density at radius 2 is 1.70 bits per heavy atom. The van der Waals surface area contributed by atoms with E-state index in [-0.39, 0.29) is 5.76 Å². The van der Waals surface area contributed by atoms with Crippen LogP contribution >= 0.6 is 12.2 Å². The molecule has 3 aromatic rings. The van der Waals surface area contributed by atoms with Crippen LogP contribution in [0.3, 0.4) is 0 Å². The van der Waals surface area contributed by atoms with Crippen LogP contribution < -0.4 is 5.76 Å². The summed E-state index contributed by atoms with van der Waals surface area (Å²) in [6.45, 7) is 0. The van der Waals surface area contributed by atoms with Gasteiger partial charge in [-0.25, -0.2) is 9.36 Å². The topological polar surface area (TPSA) is 35.1 Å². The van der Waals surface area contributed by atoms with Crippen LogP contribution in [-0.4, -0.2) is 9.56 Å². The van der Waals surface area contributed by atoms with E-state index in [9.17, 15) is 4.79 Å². The van der Waals surface area contributed by atoms with Gasteiger partial charge in [-0.15, -0.1) is 0 Å². The van der Waals surface area contributed by atoms with Crippen molar-refractivity contribution in [3.63, 3.8) is 0 Å². The van der Waals surface area contributed by atoms with Gasteiger partial charge in [0.15, 0.2) is 5.58 Å². The van der Waals surface area contributed by atoms with E-state index in [2.05, 4.69) is 24.3 Å². The number of thiocarbonyl (C=S) groups is 1. The second-order valence-electron chi connectivity index (χ2n) is 5.61. The molecule has 23 heavy (non-hydrogen) atoms. The van der Waals surface area contributed by atoms with Crippen molar-refractivity contribution in [2.75, 3.05) is 0 Å². The second kappa shape index (κ2) is 7.38. The number of aromatic nitrogens is 1. The number of aryl methyl sites for hydroxylation is 1. The van der Waals surface area contributed by atoms with Crippen LogP contribution in [0.15, 0.2) is 63.8 Å². The summed E-state index contributed by atoms with van der Waals surface area (Å²) in [5.41, 5.74) is 2.71. The van der Waals surface area contributed by atoms with Gasteiger partial charge in [-0.2, -0.15) is 0 Å². The Morgan fingerprint density at radius 1 is 0.957 bits per heavy atom. The molecule has 0 radical (unpaired) electrons. The maximum absolute atomic E-state index is 12.0. The Morgan fingerprint density at radius 3 is 2.52 bits per heavy atom. The minimum Gasteiger partial charge on any atom is -0.407 e. The quantitative estimate of drug-likeness (QED) is 0.492. The maximum Gasteiger partial charge on any atom is 0.425 e. The fourth-order valence-electron chi connectivity index (χ4n) is 2.74. The molecule has 0 aliphatic heterocycles. The van der Waals surface area contributed by atoms with E-state index >= 15 is 0 Å². The minimum atomic E-state index is -0.388. The number of fused-ring (bicyclic) bond motifs is 1. The fraction of sp³-hybridized carbons (Fsp3) is 0.263. The SMILES string of the molecule is O=c1oc2ccccc2n1C(=S)CCCCCc1ccccc1. The van der Waals surface area contributed by atoms with Gasteiger partial charge in [-0.3, -0.25) is 0 Å². The van der Waals surface area contributed by atoms with E-state index in [1.165, 1.54) is 10.1 Å². The van der Waals surface area contributed by atoms with Gasteiger partial charge in [0.05, 0.1) is 10.5 Å². The first-order chi connectivity index (χ1) is 11.3. The highest BCUT2D eigenvalue weighted by atomic mass is 32.1. The van der Waals surface area contributed by atoms with Gasteiger partial charge in [-0.05, 0) is 43.4 Å². The Balaban J connectivity index is 1.53. The molecule has 3 nitrogen and oxygen atoms in total. The number of unbranched alkanes of at least 4 members (excludes halogenated alkanes) is 2. The van der Waals surface area contributed by atoms with Crippen molar-refractivity contribution < 1.29 is 4.42 Å². The first kappa shape index (κ1) is 15.7. The number of para-hydroxylation sites is 2. The van der Waals surface area contributed by atoms with Crippen molar-refractivity contribution in [2.45, 2.75) is 32.1 Å². The summed E-state index contributed by atoms with van der Waals surface area (Å²) in [5.74, 6) is -0.388. The molecule has 0 spiro atoms. The van der Waals surface area contributed by atoms with Gasteiger partial charge in [0.1, 0.15) is 0 Å². The third-order valence-electron chi connectivity index (χ3n) is 3.93. The van der Waals surface area contributed by atoms with Gasteiger partial charge in [0.25, 0.3) is 0 Å². The highest BCUT2D eigenvalue weighted by molar-refractivity contribution is 7.80. The zero-order chi connectivity index (χ0) is 16.1. The fourth-order valence-corrected chi connectivity index (χ4v) is 3.06. The summed E-state index contributed by atoms with van der Waals surface area (Å²) >= 11 is 5.44. The molecule has 0 fully saturated rings. The standard InChI is InChI=1S/C19H19NO2S/c21-19-20(16-12-7-8-13-17(16)22-19)18(23)14-6-2-5-11-15-9-3-1-4-10-15/h1,3-4,7-10,12-13H,2,5-6,11,14H2. The van der Waals surface area contributed by atoms with Gasteiger partial charge in [-0.1, -0.05) is 61.1 Å². The van der Waals surface area contributed by atoms with Crippen LogP contribution in [0.4, 0.5) is 0 Å². The molecule has 3 rings (SSSR count). The maximum atomic E-state index is 12.0. The molecular weight excluding hydrogens is 306 g/mol. The first-order valence-corrected chi connectivity index (χ1v) is 8.34. The second-order valence-corrected chi connectivity index (χ2v) is 6.08. The van der Waals surface area contributed by atoms with E-state index < -0.39 is 0 Å². The van der Waals surface area contributed by atoms with Crippen molar-refractivity contribution in [3.8, 4) is 0 Å². The zero-order valence-electron chi connectivity index (χ0n) is 12.9. The molecule has 0 saturated heterocycles. The molecule has 0 amide bonds. The summed E-state index contributed by atoms with van der Waals surface area (Å²) in [7, 11) is 0. The molecule has 0 N–H and O–H groups in total. The molecule has 0 saturated carbocycles. The van der Waals surface area contributed by atoms with Crippen molar-refractivity contribution in [1.29, 1.82) is 0 Å². The average Bonchev–Trinajstić information content (AvgIpc) is 2.91. The molecule has 1 aromatic heterocycles. The van der Waals surface area contributed by atoms with Crippen molar-refractivity contribution >= 4 is 28.3 Å². The smallest absolute Gasteiger partial charge is 0.407 e. The van der Waals surface area contributed by atoms with Gasteiger partial charge >= 0.3 is 5.76 Å². The molecule has 118 valence electrons. The van der Waals surface area contributed by atoms with E-state index in [1.807, 2.05) is 24.3 Å². The summed E-state index contributed by atoms with van der Waals surface area (Å²) in [5, 5.41) is 0. The summed E-state index contributed by atoms with van der Waals surface area (Å²) in [6, 6.07) is 17.9. The number of hydrogen-bond acceptors (Lipinski definition) is 3. The lowest BCUT2D eigenvalue weighted by Gasteiger charge is -2.05. The number of nitrogens with zero attached hydrogens (tertiary/aromatic N) is 1. The Labute approximate surface area is 140 Å². The number of rotatable bonds is 6. The molecule has 0 atom stereocenters. The predicted octanol–water partition coefficient (Wildman–Crippen LogP) is 4.57. The molecule has 0 aliphatic carbocycles. The molecule has 0 bridgehead atoms. The van der Waals surface area contributed by atoms with Crippen molar-refractivity contribution in [3.05, 3.63) is 70.7 Å². The molecule has 2 aromatic carbocycles. The summed E-state index contributed by atoms with van der Waals surface area (Å²) in [4.78, 5) is 12.6. The third kappa shape index (κ3) is 3.77. The van der Waals surface area contributed by atoms with Crippen LogP contribution in [0.5, 0.6) is 0 Å². The van der Waals surface area contributed by atoms with E-state index in [0.29, 0.717) is 10.6 Å². The third-order valence-corrected chi connectivity index (χ3v) is 4.32. The molecule has 1 heterocycles. The largest absolute Gasteiger partial charge is 0.425 e. The Bertz CT molecular complexity index is 848. The van der Waals surface area contributed by atoms with E-state index in [4.69, 9.17) is 16.6 Å². The van der Waals surface area contributed by atoms with Gasteiger partial charge in [0, 0.05) is 0 Å². The van der Waals surface area contributed by atoms with E-state index in [0.717, 1.165) is 37.6 Å². The molecule has 0 unspecified atom stereocenters. The normalized spacial score (nSPS) is 11.0. The van der Waals surface area contributed by atoms with Crippen LogP contribution in [0.1, 0.15) is 31.2 Å². The molecule has 0 aliphatic rings. The van der Waals surface area contributed by atoms with Crippen LogP contribution in [0, 0.1) is 0 Å². The van der Waals surface area contributed by atoms with Crippen LogP contribution in [0.25, 0.3) is 11.1 Å². The lowest BCUT2D eigenvalue weighted by Crippen LogP contribution is -2.21. The van der Waals surface area contributed by atoms with Crippen molar-refractivity contribution in [2.24, 2.45) is 0 Å². The lowest BCUT2D eigenvalue weighted by atomic mass is 10.1. The van der Waals surface area contributed by atoms with Gasteiger partial charge < -0.3 is 4.42 Å². The first-order valence-electron chi connectivity index (χ1n) is 7.93. The monoisotopic (exact) mass is 325 g/mol.